The van der Waals surface area contributed by atoms with E-state index in [0.717, 1.165) is 22.9 Å². The number of benzene rings is 3. The van der Waals surface area contributed by atoms with Gasteiger partial charge >= 0.3 is 0 Å². The molecule has 0 aromatic heterocycles. The highest BCUT2D eigenvalue weighted by atomic mass is 19.1. The summed E-state index contributed by atoms with van der Waals surface area (Å²) >= 11 is 0. The maximum Gasteiger partial charge on any atom is 0.127 e. The molecule has 0 atom stereocenters. The molecule has 0 aliphatic rings. The summed E-state index contributed by atoms with van der Waals surface area (Å²) < 4.78 is 19.0. The molecule has 3 rings (SSSR count). The second kappa shape index (κ2) is 6.31. The van der Waals surface area contributed by atoms with Gasteiger partial charge in [-0.15, -0.1) is 0 Å². The molecule has 3 aromatic rings. The Hall–Kier alpha value is -2.81. The van der Waals surface area contributed by atoms with Crippen LogP contribution in [0.5, 0.6) is 11.5 Å². The largest absolute Gasteiger partial charge is 0.508 e. The van der Waals surface area contributed by atoms with Crippen LogP contribution in [0.2, 0.25) is 0 Å². The van der Waals surface area contributed by atoms with Crippen LogP contribution in [-0.4, -0.2) is 5.11 Å². The van der Waals surface area contributed by atoms with E-state index in [2.05, 4.69) is 0 Å². The Kier molecular flexibility index (Phi) is 4.05. The van der Waals surface area contributed by atoms with Gasteiger partial charge in [-0.05, 0) is 41.0 Å². The Balaban J connectivity index is 1.72. The van der Waals surface area contributed by atoms with Crippen molar-refractivity contribution < 1.29 is 14.2 Å². The van der Waals surface area contributed by atoms with E-state index < -0.39 is 5.82 Å². The van der Waals surface area contributed by atoms with E-state index in [4.69, 9.17) is 4.74 Å². The van der Waals surface area contributed by atoms with Crippen molar-refractivity contribution in [3.8, 4) is 22.6 Å². The minimum absolute atomic E-state index is 0.0839. The lowest BCUT2D eigenvalue weighted by Crippen LogP contribution is -1.94. The van der Waals surface area contributed by atoms with Crippen LogP contribution in [0.1, 0.15) is 5.56 Å². The summed E-state index contributed by atoms with van der Waals surface area (Å²) in [4.78, 5) is 0. The van der Waals surface area contributed by atoms with Gasteiger partial charge in [0.25, 0.3) is 0 Å². The van der Waals surface area contributed by atoms with Crippen molar-refractivity contribution in [1.29, 1.82) is 0 Å². The van der Waals surface area contributed by atoms with Gasteiger partial charge in [-0.2, -0.15) is 0 Å². The predicted octanol–water partition coefficient (Wildman–Crippen LogP) is 4.78. The fraction of sp³-hybridized carbons (Fsp3) is 0.0526. The third kappa shape index (κ3) is 3.44. The van der Waals surface area contributed by atoms with E-state index in [1.165, 1.54) is 12.1 Å². The summed E-state index contributed by atoms with van der Waals surface area (Å²) in [6.07, 6.45) is 0. The summed E-state index contributed by atoms with van der Waals surface area (Å²) in [5, 5.41) is 9.46. The van der Waals surface area contributed by atoms with Crippen LogP contribution in [0.4, 0.5) is 4.39 Å². The molecule has 0 aliphatic carbocycles. The summed E-state index contributed by atoms with van der Waals surface area (Å²) in [6.45, 7) is 0.501. The highest BCUT2D eigenvalue weighted by Gasteiger charge is 2.03. The first-order valence-corrected chi connectivity index (χ1v) is 6.97. The van der Waals surface area contributed by atoms with Crippen LogP contribution in [0.15, 0.2) is 72.8 Å². The van der Waals surface area contributed by atoms with Crippen molar-refractivity contribution in [2.75, 3.05) is 0 Å². The Bertz CT molecular complexity index is 732. The van der Waals surface area contributed by atoms with E-state index in [1.807, 2.05) is 54.6 Å². The fourth-order valence-corrected chi connectivity index (χ4v) is 2.23. The molecular weight excluding hydrogens is 279 g/mol. The van der Waals surface area contributed by atoms with Gasteiger partial charge in [0, 0.05) is 6.07 Å². The van der Waals surface area contributed by atoms with Crippen molar-refractivity contribution in [3.63, 3.8) is 0 Å². The van der Waals surface area contributed by atoms with Gasteiger partial charge in [-0.3, -0.25) is 0 Å². The molecule has 3 heteroatoms. The maximum absolute atomic E-state index is 13.3. The lowest BCUT2D eigenvalue weighted by molar-refractivity contribution is 0.306. The molecule has 0 amide bonds. The van der Waals surface area contributed by atoms with Gasteiger partial charge in [-0.25, -0.2) is 4.39 Å². The number of halogens is 1. The number of aromatic hydroxyl groups is 1. The summed E-state index contributed by atoms with van der Waals surface area (Å²) in [6, 6.07) is 21.3. The normalized spacial score (nSPS) is 10.4. The molecule has 0 saturated heterocycles. The van der Waals surface area contributed by atoms with Crippen molar-refractivity contribution in [2.24, 2.45) is 0 Å². The average Bonchev–Trinajstić information content (AvgIpc) is 2.53. The molecule has 0 aliphatic heterocycles. The third-order valence-electron chi connectivity index (χ3n) is 3.32. The molecular formula is C19H15FO2. The van der Waals surface area contributed by atoms with Gasteiger partial charge in [0.1, 0.15) is 23.9 Å². The van der Waals surface area contributed by atoms with Crippen LogP contribution < -0.4 is 4.74 Å². The van der Waals surface area contributed by atoms with E-state index >= 15 is 0 Å². The number of ether oxygens (including phenoxy) is 1. The molecule has 1 N–H and O–H groups in total. The maximum atomic E-state index is 13.3. The molecule has 0 heterocycles. The summed E-state index contributed by atoms with van der Waals surface area (Å²) in [5.74, 6) is 0.201. The molecule has 110 valence electrons. The second-order valence-electron chi connectivity index (χ2n) is 5.00. The van der Waals surface area contributed by atoms with E-state index in [9.17, 15) is 9.50 Å². The number of phenolic OH excluding ortho intramolecular Hbond substituents is 1. The molecule has 0 radical (unpaired) electrons. The van der Waals surface area contributed by atoms with Gasteiger partial charge in [0.15, 0.2) is 0 Å². The zero-order valence-electron chi connectivity index (χ0n) is 11.9. The summed E-state index contributed by atoms with van der Waals surface area (Å²) in [7, 11) is 0. The first-order valence-electron chi connectivity index (χ1n) is 6.97. The lowest BCUT2D eigenvalue weighted by Gasteiger charge is -2.08. The first kappa shape index (κ1) is 14.1. The van der Waals surface area contributed by atoms with Crippen molar-refractivity contribution in [1.82, 2.24) is 0 Å². The number of phenols is 1. The zero-order chi connectivity index (χ0) is 15.4. The highest BCUT2D eigenvalue weighted by molar-refractivity contribution is 5.65. The third-order valence-corrected chi connectivity index (χ3v) is 3.32. The minimum Gasteiger partial charge on any atom is -0.508 e. The molecule has 0 unspecified atom stereocenters. The van der Waals surface area contributed by atoms with Crippen LogP contribution >= 0.6 is 0 Å². The Morgan fingerprint density at radius 3 is 2.23 bits per heavy atom. The first-order chi connectivity index (χ1) is 10.7. The van der Waals surface area contributed by atoms with Crippen molar-refractivity contribution in [2.45, 2.75) is 6.61 Å². The number of hydrogen-bond donors (Lipinski definition) is 1. The lowest BCUT2D eigenvalue weighted by atomic mass is 10.1. The van der Waals surface area contributed by atoms with Gasteiger partial charge < -0.3 is 9.84 Å². The predicted molar refractivity (Wildman–Crippen MR) is 84.3 cm³/mol. The monoisotopic (exact) mass is 294 g/mol. The molecule has 2 nitrogen and oxygen atoms in total. The molecule has 0 bridgehead atoms. The quantitative estimate of drug-likeness (QED) is 0.750. The van der Waals surface area contributed by atoms with E-state index in [-0.39, 0.29) is 5.75 Å². The van der Waals surface area contributed by atoms with Crippen LogP contribution in [0, 0.1) is 5.82 Å². The van der Waals surface area contributed by atoms with Crippen LogP contribution in [0.25, 0.3) is 11.1 Å². The zero-order valence-corrected chi connectivity index (χ0v) is 11.9. The van der Waals surface area contributed by atoms with Gasteiger partial charge in [0.2, 0.25) is 0 Å². The van der Waals surface area contributed by atoms with Crippen molar-refractivity contribution >= 4 is 0 Å². The number of rotatable bonds is 4. The second-order valence-corrected chi connectivity index (χ2v) is 5.00. The topological polar surface area (TPSA) is 29.5 Å². The highest BCUT2D eigenvalue weighted by Crippen LogP contribution is 2.26. The SMILES string of the molecule is Oc1cc(F)cc(-c2ccc(OCc3ccccc3)cc2)c1. The van der Waals surface area contributed by atoms with E-state index in [1.54, 1.807) is 0 Å². The van der Waals surface area contributed by atoms with E-state index in [0.29, 0.717) is 12.2 Å². The molecule has 3 aromatic carbocycles. The molecule has 0 spiro atoms. The fourth-order valence-electron chi connectivity index (χ4n) is 2.23. The Labute approximate surface area is 128 Å². The number of hydrogen-bond acceptors (Lipinski definition) is 2. The standard InChI is InChI=1S/C19H15FO2/c20-17-10-16(11-18(21)12-17)15-6-8-19(9-7-15)22-13-14-4-2-1-3-5-14/h1-12,21H,13H2. The molecule has 22 heavy (non-hydrogen) atoms. The average molecular weight is 294 g/mol. The Morgan fingerprint density at radius 1 is 0.818 bits per heavy atom. The van der Waals surface area contributed by atoms with Gasteiger partial charge in [0.05, 0.1) is 0 Å². The Morgan fingerprint density at radius 2 is 1.55 bits per heavy atom. The minimum atomic E-state index is -0.459. The van der Waals surface area contributed by atoms with Gasteiger partial charge in [-0.1, -0.05) is 42.5 Å². The summed E-state index contributed by atoms with van der Waals surface area (Å²) in [5.41, 5.74) is 2.55. The smallest absolute Gasteiger partial charge is 0.127 e. The van der Waals surface area contributed by atoms with Crippen molar-refractivity contribution in [3.05, 3.63) is 84.2 Å². The van der Waals surface area contributed by atoms with Crippen LogP contribution in [-0.2, 0) is 6.61 Å². The van der Waals surface area contributed by atoms with Crippen LogP contribution in [0.3, 0.4) is 0 Å². The molecule has 0 saturated carbocycles. The molecule has 0 fully saturated rings.